The Bertz CT molecular complexity index is 788. The van der Waals surface area contributed by atoms with Crippen molar-refractivity contribution in [3.05, 3.63) is 46.6 Å². The maximum Gasteiger partial charge on any atom is 0.319 e. The van der Waals surface area contributed by atoms with Crippen molar-refractivity contribution in [2.45, 2.75) is 19.9 Å². The zero-order chi connectivity index (χ0) is 18.2. The number of rotatable bonds is 7. The number of urea groups is 1. The van der Waals surface area contributed by atoms with Crippen LogP contribution in [0.2, 0.25) is 0 Å². The monoisotopic (exact) mass is 346 g/mol. The molecule has 0 saturated carbocycles. The average Bonchev–Trinajstić information content (AvgIpc) is 2.62. The van der Waals surface area contributed by atoms with Gasteiger partial charge in [0.2, 0.25) is 0 Å². The summed E-state index contributed by atoms with van der Waals surface area (Å²) in [5.41, 5.74) is 1.19. The summed E-state index contributed by atoms with van der Waals surface area (Å²) in [5, 5.41) is 5.39. The smallest absolute Gasteiger partial charge is 0.319 e. The highest BCUT2D eigenvalue weighted by atomic mass is 16.5. The number of carbonyl (C=O) groups excluding carboxylic acids is 1. The molecule has 0 fully saturated rings. The van der Waals surface area contributed by atoms with Gasteiger partial charge in [0.1, 0.15) is 0 Å². The van der Waals surface area contributed by atoms with Crippen LogP contribution in [0.1, 0.15) is 12.6 Å². The van der Waals surface area contributed by atoms with Crippen LogP contribution in [0.25, 0.3) is 0 Å². The maximum atomic E-state index is 11.9. The fourth-order valence-corrected chi connectivity index (χ4v) is 2.20. The van der Waals surface area contributed by atoms with E-state index in [0.717, 1.165) is 5.69 Å². The molecule has 0 bridgehead atoms. The Balaban J connectivity index is 1.88. The molecule has 0 aliphatic rings. The second kappa shape index (κ2) is 8.72. The van der Waals surface area contributed by atoms with E-state index in [1.54, 1.807) is 25.3 Å². The van der Waals surface area contributed by atoms with Gasteiger partial charge < -0.3 is 20.1 Å². The predicted octanol–water partition coefficient (Wildman–Crippen LogP) is 1.64. The zero-order valence-corrected chi connectivity index (χ0v) is 14.5. The molecule has 25 heavy (non-hydrogen) atoms. The van der Waals surface area contributed by atoms with Gasteiger partial charge in [0.15, 0.2) is 11.5 Å². The van der Waals surface area contributed by atoms with Crippen molar-refractivity contribution in [2.75, 3.05) is 26.1 Å². The van der Waals surface area contributed by atoms with E-state index < -0.39 is 0 Å². The number of aromatic nitrogens is 2. The molecule has 0 aliphatic heterocycles. The van der Waals surface area contributed by atoms with E-state index in [1.165, 1.54) is 24.1 Å². The quantitative estimate of drug-likeness (QED) is 0.795. The number of nitrogens with one attached hydrogen (secondary N) is 2. The van der Waals surface area contributed by atoms with Gasteiger partial charge in [-0.2, -0.15) is 0 Å². The molecule has 2 N–H and O–H groups in total. The number of aryl methyl sites for hydroxylation is 1. The molecular weight excluding hydrogens is 324 g/mol. The van der Waals surface area contributed by atoms with Gasteiger partial charge in [-0.25, -0.2) is 9.78 Å². The largest absolute Gasteiger partial charge is 0.493 e. The van der Waals surface area contributed by atoms with Gasteiger partial charge in [0.25, 0.3) is 5.56 Å². The van der Waals surface area contributed by atoms with Crippen molar-refractivity contribution in [1.29, 1.82) is 0 Å². The van der Waals surface area contributed by atoms with Gasteiger partial charge in [0.05, 0.1) is 20.5 Å². The van der Waals surface area contributed by atoms with Gasteiger partial charge >= 0.3 is 6.03 Å². The standard InChI is InChI=1S/C17H22N4O4/c1-4-12-10-16(22)21(11-19-12)8-7-18-17(23)20-13-5-6-14(24-2)15(9-13)25-3/h5-6,9-11H,4,7-8H2,1-3H3,(H2,18,20,23). The first-order chi connectivity index (χ1) is 12.1. The average molecular weight is 346 g/mol. The molecule has 8 heteroatoms. The van der Waals surface area contributed by atoms with Crippen molar-refractivity contribution in [1.82, 2.24) is 14.9 Å². The summed E-state index contributed by atoms with van der Waals surface area (Å²) in [6.45, 7) is 2.58. The number of ether oxygens (including phenoxy) is 2. The number of methoxy groups -OCH3 is 2. The lowest BCUT2D eigenvalue weighted by molar-refractivity contribution is 0.251. The fraction of sp³-hybridized carbons (Fsp3) is 0.353. The first-order valence-corrected chi connectivity index (χ1v) is 7.89. The van der Waals surface area contributed by atoms with E-state index >= 15 is 0 Å². The number of benzene rings is 1. The fourth-order valence-electron chi connectivity index (χ4n) is 2.20. The number of carbonyl (C=O) groups is 1. The predicted molar refractivity (Wildman–Crippen MR) is 94.4 cm³/mol. The van der Waals surface area contributed by atoms with E-state index in [1.807, 2.05) is 6.92 Å². The molecule has 2 aromatic rings. The zero-order valence-electron chi connectivity index (χ0n) is 14.5. The number of nitrogens with zero attached hydrogens (tertiary/aromatic N) is 2. The first kappa shape index (κ1) is 18.3. The van der Waals surface area contributed by atoms with E-state index in [0.29, 0.717) is 36.7 Å². The summed E-state index contributed by atoms with van der Waals surface area (Å²) in [5.74, 6) is 1.10. The molecule has 0 spiro atoms. The molecule has 2 rings (SSSR count). The Morgan fingerprint density at radius 2 is 1.96 bits per heavy atom. The molecule has 1 aromatic carbocycles. The highest BCUT2D eigenvalue weighted by molar-refractivity contribution is 5.89. The third kappa shape index (κ3) is 4.97. The highest BCUT2D eigenvalue weighted by Crippen LogP contribution is 2.29. The number of amides is 2. The van der Waals surface area contributed by atoms with Crippen LogP contribution >= 0.6 is 0 Å². The summed E-state index contributed by atoms with van der Waals surface area (Å²) < 4.78 is 11.8. The summed E-state index contributed by atoms with van der Waals surface area (Å²) in [6, 6.07) is 6.20. The molecule has 0 aliphatic carbocycles. The minimum absolute atomic E-state index is 0.131. The molecule has 8 nitrogen and oxygen atoms in total. The number of anilines is 1. The minimum Gasteiger partial charge on any atom is -0.493 e. The van der Waals surface area contributed by atoms with E-state index in [4.69, 9.17) is 9.47 Å². The Labute approximate surface area is 145 Å². The number of hydrogen-bond acceptors (Lipinski definition) is 5. The van der Waals surface area contributed by atoms with Gasteiger partial charge in [-0.05, 0) is 18.6 Å². The summed E-state index contributed by atoms with van der Waals surface area (Å²) in [6.07, 6.45) is 2.21. The lowest BCUT2D eigenvalue weighted by Gasteiger charge is -2.11. The number of hydrogen-bond donors (Lipinski definition) is 2. The van der Waals surface area contributed by atoms with Crippen LogP contribution in [-0.4, -0.2) is 36.3 Å². The van der Waals surface area contributed by atoms with Crippen LogP contribution < -0.4 is 25.7 Å². The molecule has 0 radical (unpaired) electrons. The highest BCUT2D eigenvalue weighted by Gasteiger charge is 2.07. The minimum atomic E-state index is -0.376. The Morgan fingerprint density at radius 1 is 1.20 bits per heavy atom. The summed E-state index contributed by atoms with van der Waals surface area (Å²) in [7, 11) is 3.07. The van der Waals surface area contributed by atoms with Crippen LogP contribution in [0.3, 0.4) is 0 Å². The lowest BCUT2D eigenvalue weighted by atomic mass is 10.3. The molecule has 2 amide bonds. The van der Waals surface area contributed by atoms with Gasteiger partial charge in [-0.15, -0.1) is 0 Å². The van der Waals surface area contributed by atoms with Crippen molar-refractivity contribution in [3.63, 3.8) is 0 Å². The molecule has 1 aromatic heterocycles. The van der Waals surface area contributed by atoms with Crippen LogP contribution in [0.5, 0.6) is 11.5 Å². The maximum absolute atomic E-state index is 11.9. The Kier molecular flexibility index (Phi) is 6.39. The van der Waals surface area contributed by atoms with Crippen LogP contribution in [0.15, 0.2) is 35.4 Å². The first-order valence-electron chi connectivity index (χ1n) is 7.89. The summed E-state index contributed by atoms with van der Waals surface area (Å²) >= 11 is 0. The Morgan fingerprint density at radius 3 is 2.60 bits per heavy atom. The second-order valence-electron chi connectivity index (χ2n) is 5.22. The molecular formula is C17H22N4O4. The molecule has 134 valence electrons. The third-order valence-corrected chi connectivity index (χ3v) is 3.58. The second-order valence-corrected chi connectivity index (χ2v) is 5.22. The lowest BCUT2D eigenvalue weighted by Crippen LogP contribution is -2.33. The molecule has 0 saturated heterocycles. The van der Waals surface area contributed by atoms with E-state index in [9.17, 15) is 9.59 Å². The Hall–Kier alpha value is -3.03. The van der Waals surface area contributed by atoms with Gasteiger partial charge in [-0.1, -0.05) is 6.92 Å². The van der Waals surface area contributed by atoms with Crippen molar-refractivity contribution in [3.8, 4) is 11.5 Å². The molecule has 0 atom stereocenters. The van der Waals surface area contributed by atoms with Crippen LogP contribution in [-0.2, 0) is 13.0 Å². The van der Waals surface area contributed by atoms with Crippen LogP contribution in [0.4, 0.5) is 10.5 Å². The molecule has 1 heterocycles. The van der Waals surface area contributed by atoms with E-state index in [-0.39, 0.29) is 11.6 Å². The van der Waals surface area contributed by atoms with E-state index in [2.05, 4.69) is 15.6 Å². The van der Waals surface area contributed by atoms with Crippen molar-refractivity contribution in [2.24, 2.45) is 0 Å². The third-order valence-electron chi connectivity index (χ3n) is 3.58. The van der Waals surface area contributed by atoms with Crippen molar-refractivity contribution >= 4 is 11.7 Å². The normalized spacial score (nSPS) is 10.2. The SMILES string of the molecule is CCc1cc(=O)n(CCNC(=O)Nc2ccc(OC)c(OC)c2)cn1. The molecule has 0 unspecified atom stereocenters. The van der Waals surface area contributed by atoms with Crippen LogP contribution in [0, 0.1) is 0 Å². The van der Waals surface area contributed by atoms with Gasteiger partial charge in [0, 0.05) is 36.6 Å². The topological polar surface area (TPSA) is 94.5 Å². The van der Waals surface area contributed by atoms with Gasteiger partial charge in [-0.3, -0.25) is 9.36 Å². The summed E-state index contributed by atoms with van der Waals surface area (Å²) in [4.78, 5) is 28.0. The van der Waals surface area contributed by atoms with Crippen molar-refractivity contribution < 1.29 is 14.3 Å².